The molecule has 0 atom stereocenters. The predicted molar refractivity (Wildman–Crippen MR) is 98.7 cm³/mol. The van der Waals surface area contributed by atoms with Crippen molar-refractivity contribution in [1.29, 1.82) is 0 Å². The van der Waals surface area contributed by atoms with E-state index in [-0.39, 0.29) is 5.91 Å². The number of rotatable bonds is 5. The molecule has 0 aliphatic heterocycles. The maximum absolute atomic E-state index is 12.3. The van der Waals surface area contributed by atoms with Crippen LogP contribution in [0, 0.1) is 6.92 Å². The molecule has 4 heteroatoms. The van der Waals surface area contributed by atoms with Crippen LogP contribution in [0.4, 0.5) is 0 Å². The van der Waals surface area contributed by atoms with E-state index in [1.54, 1.807) is 0 Å². The van der Waals surface area contributed by atoms with Crippen LogP contribution in [0.25, 0.3) is 10.1 Å². The lowest BCUT2D eigenvalue weighted by Gasteiger charge is -2.04. The van der Waals surface area contributed by atoms with Gasteiger partial charge in [-0.3, -0.25) is 4.79 Å². The highest BCUT2D eigenvalue weighted by Crippen LogP contribution is 2.35. The predicted octanol–water partition coefficient (Wildman–Crippen LogP) is 5.23. The summed E-state index contributed by atoms with van der Waals surface area (Å²) in [5.41, 5.74) is 2.46. The van der Waals surface area contributed by atoms with Crippen molar-refractivity contribution in [2.75, 3.05) is 6.54 Å². The van der Waals surface area contributed by atoms with Crippen molar-refractivity contribution in [1.82, 2.24) is 5.32 Å². The van der Waals surface area contributed by atoms with Crippen LogP contribution in [0.1, 0.15) is 27.2 Å². The maximum atomic E-state index is 12.3. The number of fused-ring (bicyclic) bond motifs is 1. The molecule has 1 amide bonds. The minimum absolute atomic E-state index is 0.0816. The number of amides is 1. The standard InChI is InChI=1S/C19H18ClNOS/c1-13-9-10-15-16(12-13)23-18(17(15)20)19(22)21-11-5-8-14-6-3-2-4-7-14/h2-4,6-7,9-10,12H,5,8,11H2,1H3,(H,21,22). The zero-order valence-electron chi connectivity index (χ0n) is 12.9. The highest BCUT2D eigenvalue weighted by Gasteiger charge is 2.16. The summed E-state index contributed by atoms with van der Waals surface area (Å²) in [5.74, 6) is -0.0816. The SMILES string of the molecule is Cc1ccc2c(Cl)c(C(=O)NCCCc3ccccc3)sc2c1. The molecule has 0 unspecified atom stereocenters. The van der Waals surface area contributed by atoms with E-state index in [9.17, 15) is 4.79 Å². The van der Waals surface area contributed by atoms with Crippen LogP contribution in [0.3, 0.4) is 0 Å². The molecular formula is C19H18ClNOS. The van der Waals surface area contributed by atoms with Gasteiger partial charge in [0, 0.05) is 16.6 Å². The molecule has 1 N–H and O–H groups in total. The van der Waals surface area contributed by atoms with E-state index in [0.717, 1.165) is 22.9 Å². The van der Waals surface area contributed by atoms with Gasteiger partial charge in [0.2, 0.25) is 0 Å². The van der Waals surface area contributed by atoms with Gasteiger partial charge in [0.25, 0.3) is 5.91 Å². The Morgan fingerprint density at radius 1 is 1.17 bits per heavy atom. The van der Waals surface area contributed by atoms with Gasteiger partial charge >= 0.3 is 0 Å². The third kappa shape index (κ3) is 3.74. The molecule has 23 heavy (non-hydrogen) atoms. The van der Waals surface area contributed by atoms with Crippen LogP contribution in [0.2, 0.25) is 5.02 Å². The Bertz CT molecular complexity index is 826. The Hall–Kier alpha value is -1.84. The molecule has 0 aliphatic carbocycles. The smallest absolute Gasteiger partial charge is 0.262 e. The van der Waals surface area contributed by atoms with Gasteiger partial charge in [-0.2, -0.15) is 0 Å². The first-order valence-electron chi connectivity index (χ1n) is 7.66. The topological polar surface area (TPSA) is 29.1 Å². The Morgan fingerprint density at radius 2 is 1.96 bits per heavy atom. The monoisotopic (exact) mass is 343 g/mol. The number of aryl methyl sites for hydroxylation is 2. The quantitative estimate of drug-likeness (QED) is 0.632. The van der Waals surface area contributed by atoms with Crippen molar-refractivity contribution in [2.45, 2.75) is 19.8 Å². The molecule has 0 saturated heterocycles. The summed E-state index contributed by atoms with van der Waals surface area (Å²) in [7, 11) is 0. The van der Waals surface area contributed by atoms with E-state index >= 15 is 0 Å². The Kier molecular flexibility index (Phi) is 4.99. The normalized spacial score (nSPS) is 10.9. The van der Waals surface area contributed by atoms with Crippen molar-refractivity contribution >= 4 is 38.9 Å². The van der Waals surface area contributed by atoms with Crippen molar-refractivity contribution < 1.29 is 4.79 Å². The molecule has 118 valence electrons. The molecule has 3 aromatic rings. The van der Waals surface area contributed by atoms with Crippen LogP contribution in [-0.2, 0) is 6.42 Å². The minimum atomic E-state index is -0.0816. The summed E-state index contributed by atoms with van der Waals surface area (Å²) < 4.78 is 1.06. The summed E-state index contributed by atoms with van der Waals surface area (Å²) in [6.07, 6.45) is 1.87. The summed E-state index contributed by atoms with van der Waals surface area (Å²) in [4.78, 5) is 12.9. The summed E-state index contributed by atoms with van der Waals surface area (Å²) >= 11 is 7.82. The maximum Gasteiger partial charge on any atom is 0.262 e. The number of carbonyl (C=O) groups is 1. The van der Waals surface area contributed by atoms with Crippen molar-refractivity contribution in [2.24, 2.45) is 0 Å². The second kappa shape index (κ2) is 7.16. The molecule has 0 fully saturated rings. The van der Waals surface area contributed by atoms with E-state index in [1.807, 2.05) is 37.3 Å². The fraction of sp³-hybridized carbons (Fsp3) is 0.211. The minimum Gasteiger partial charge on any atom is -0.351 e. The highest BCUT2D eigenvalue weighted by atomic mass is 35.5. The number of hydrogen-bond donors (Lipinski definition) is 1. The molecular weight excluding hydrogens is 326 g/mol. The average molecular weight is 344 g/mol. The number of halogens is 1. The van der Waals surface area contributed by atoms with E-state index < -0.39 is 0 Å². The van der Waals surface area contributed by atoms with Gasteiger partial charge in [-0.15, -0.1) is 11.3 Å². The second-order valence-corrected chi connectivity index (χ2v) is 7.02. The second-order valence-electron chi connectivity index (χ2n) is 5.59. The van der Waals surface area contributed by atoms with Gasteiger partial charge in [-0.1, -0.05) is 54.1 Å². The van der Waals surface area contributed by atoms with E-state index in [4.69, 9.17) is 11.6 Å². The number of hydrogen-bond acceptors (Lipinski definition) is 2. The van der Waals surface area contributed by atoms with Gasteiger partial charge in [-0.25, -0.2) is 0 Å². The fourth-order valence-corrected chi connectivity index (χ4v) is 4.07. The first-order chi connectivity index (χ1) is 11.1. The first kappa shape index (κ1) is 16.0. The van der Waals surface area contributed by atoms with E-state index in [0.29, 0.717) is 16.4 Å². The van der Waals surface area contributed by atoms with Crippen LogP contribution in [0.5, 0.6) is 0 Å². The molecule has 2 nitrogen and oxygen atoms in total. The lowest BCUT2D eigenvalue weighted by Crippen LogP contribution is -2.24. The van der Waals surface area contributed by atoms with Crippen LogP contribution in [0.15, 0.2) is 48.5 Å². The highest BCUT2D eigenvalue weighted by molar-refractivity contribution is 7.21. The molecule has 0 radical (unpaired) electrons. The zero-order valence-corrected chi connectivity index (χ0v) is 14.5. The zero-order chi connectivity index (χ0) is 16.2. The van der Waals surface area contributed by atoms with Crippen LogP contribution in [-0.4, -0.2) is 12.5 Å². The fourth-order valence-electron chi connectivity index (χ4n) is 2.54. The third-order valence-electron chi connectivity index (χ3n) is 3.76. The number of carbonyl (C=O) groups excluding carboxylic acids is 1. The Morgan fingerprint density at radius 3 is 2.74 bits per heavy atom. The average Bonchev–Trinajstić information content (AvgIpc) is 2.88. The van der Waals surface area contributed by atoms with Gasteiger partial charge in [0.05, 0.1) is 5.02 Å². The van der Waals surface area contributed by atoms with E-state index in [1.165, 1.54) is 22.5 Å². The molecule has 0 saturated carbocycles. The molecule has 0 aliphatic rings. The summed E-state index contributed by atoms with van der Waals surface area (Å²) in [6.45, 7) is 2.69. The molecule has 0 bridgehead atoms. The third-order valence-corrected chi connectivity index (χ3v) is 5.42. The number of thiophene rings is 1. The summed E-state index contributed by atoms with van der Waals surface area (Å²) in [5, 5.41) is 4.49. The number of nitrogens with one attached hydrogen (secondary N) is 1. The molecule has 0 spiro atoms. The molecule has 1 heterocycles. The largest absolute Gasteiger partial charge is 0.351 e. The molecule has 2 aromatic carbocycles. The Labute approximate surface area is 145 Å². The van der Waals surface area contributed by atoms with Crippen LogP contribution >= 0.6 is 22.9 Å². The van der Waals surface area contributed by atoms with Crippen LogP contribution < -0.4 is 5.32 Å². The Balaban J connectivity index is 1.61. The lowest BCUT2D eigenvalue weighted by atomic mass is 10.1. The van der Waals surface area contributed by atoms with E-state index in [2.05, 4.69) is 23.5 Å². The molecule has 1 aromatic heterocycles. The van der Waals surface area contributed by atoms with Gasteiger partial charge < -0.3 is 5.32 Å². The van der Waals surface area contributed by atoms with Gasteiger partial charge in [0.1, 0.15) is 4.88 Å². The summed E-state index contributed by atoms with van der Waals surface area (Å²) in [6, 6.07) is 16.4. The van der Waals surface area contributed by atoms with Crippen molar-refractivity contribution in [3.05, 3.63) is 69.6 Å². The molecule has 3 rings (SSSR count). The first-order valence-corrected chi connectivity index (χ1v) is 8.85. The number of benzene rings is 2. The van der Waals surface area contributed by atoms with Gasteiger partial charge in [-0.05, 0) is 37.0 Å². The lowest BCUT2D eigenvalue weighted by molar-refractivity contribution is 0.0957. The van der Waals surface area contributed by atoms with Crippen molar-refractivity contribution in [3.63, 3.8) is 0 Å². The van der Waals surface area contributed by atoms with Crippen molar-refractivity contribution in [3.8, 4) is 0 Å². The van der Waals surface area contributed by atoms with Gasteiger partial charge in [0.15, 0.2) is 0 Å².